The summed E-state index contributed by atoms with van der Waals surface area (Å²) in [5.74, 6) is 6.86. The van der Waals surface area contributed by atoms with Crippen LogP contribution in [-0.2, 0) is 9.53 Å². The van der Waals surface area contributed by atoms with Crippen LogP contribution in [0.2, 0.25) is 0 Å². The average molecular weight is 276 g/mol. The monoisotopic (exact) mass is 276 g/mol. The van der Waals surface area contributed by atoms with Gasteiger partial charge in [-0.3, -0.25) is 4.79 Å². The summed E-state index contributed by atoms with van der Waals surface area (Å²) in [5.41, 5.74) is -0.828. The first-order valence-corrected chi connectivity index (χ1v) is 7.44. The minimum Gasteiger partial charge on any atom is -0.462 e. The molecule has 0 aromatic heterocycles. The van der Waals surface area contributed by atoms with Crippen LogP contribution in [0.4, 0.5) is 0 Å². The van der Waals surface area contributed by atoms with Gasteiger partial charge in [0.25, 0.3) is 0 Å². The van der Waals surface area contributed by atoms with Crippen LogP contribution in [0.3, 0.4) is 0 Å². The molecule has 20 heavy (non-hydrogen) atoms. The third kappa shape index (κ3) is 3.43. The van der Waals surface area contributed by atoms with Crippen LogP contribution in [0.1, 0.15) is 46.5 Å². The summed E-state index contributed by atoms with van der Waals surface area (Å²) in [4.78, 5) is 11.4. The zero-order valence-corrected chi connectivity index (χ0v) is 12.6. The summed E-state index contributed by atoms with van der Waals surface area (Å²) in [6.07, 6.45) is 6.86. The van der Waals surface area contributed by atoms with Crippen LogP contribution in [0.15, 0.2) is 12.2 Å². The van der Waals surface area contributed by atoms with Crippen LogP contribution >= 0.6 is 0 Å². The predicted molar refractivity (Wildman–Crippen MR) is 77.7 cm³/mol. The molecule has 0 radical (unpaired) electrons. The van der Waals surface area contributed by atoms with E-state index in [0.29, 0.717) is 37.0 Å². The lowest BCUT2D eigenvalue weighted by Gasteiger charge is -2.21. The van der Waals surface area contributed by atoms with Crippen molar-refractivity contribution in [3.63, 3.8) is 0 Å². The van der Waals surface area contributed by atoms with Gasteiger partial charge in [-0.1, -0.05) is 19.1 Å². The first-order chi connectivity index (χ1) is 9.43. The molecule has 1 saturated carbocycles. The Morgan fingerprint density at radius 1 is 1.55 bits per heavy atom. The summed E-state index contributed by atoms with van der Waals surface area (Å²) >= 11 is 0. The molecule has 0 aromatic carbocycles. The number of hydrogen-bond donors (Lipinski definition) is 1. The van der Waals surface area contributed by atoms with E-state index in [-0.39, 0.29) is 12.1 Å². The van der Waals surface area contributed by atoms with Crippen LogP contribution in [0.25, 0.3) is 0 Å². The second-order valence-corrected chi connectivity index (χ2v) is 6.33. The number of hydrogen-bond acceptors (Lipinski definition) is 3. The molecule has 2 rings (SSSR count). The van der Waals surface area contributed by atoms with Crippen LogP contribution < -0.4 is 0 Å². The Bertz CT molecular complexity index is 453. The van der Waals surface area contributed by atoms with Gasteiger partial charge >= 0.3 is 5.97 Å². The van der Waals surface area contributed by atoms with E-state index in [1.165, 1.54) is 0 Å². The fourth-order valence-electron chi connectivity index (χ4n) is 3.36. The van der Waals surface area contributed by atoms with E-state index in [1.54, 1.807) is 0 Å². The number of aliphatic hydroxyl groups is 1. The molecule has 110 valence electrons. The number of allylic oxidation sites excluding steroid dienone is 1. The fraction of sp³-hybridized carbons (Fsp3) is 0.706. The van der Waals surface area contributed by atoms with Gasteiger partial charge in [0.2, 0.25) is 0 Å². The third-order valence-corrected chi connectivity index (χ3v) is 4.53. The molecular weight excluding hydrogens is 252 g/mol. The van der Waals surface area contributed by atoms with Gasteiger partial charge in [-0.15, -0.1) is 11.8 Å². The van der Waals surface area contributed by atoms with Gasteiger partial charge in [-0.05, 0) is 38.5 Å². The lowest BCUT2D eigenvalue weighted by atomic mass is 9.86. The first-order valence-electron chi connectivity index (χ1n) is 7.44. The molecule has 2 fully saturated rings. The van der Waals surface area contributed by atoms with E-state index < -0.39 is 5.60 Å². The Morgan fingerprint density at radius 3 is 3.00 bits per heavy atom. The summed E-state index contributed by atoms with van der Waals surface area (Å²) in [6.45, 7) is 5.81. The van der Waals surface area contributed by atoms with Crippen LogP contribution in [0, 0.1) is 29.6 Å². The Morgan fingerprint density at radius 2 is 2.30 bits per heavy atom. The number of fused-ring (bicyclic) bond motifs is 1. The van der Waals surface area contributed by atoms with E-state index in [9.17, 15) is 9.90 Å². The normalized spacial score (nSPS) is 35.3. The van der Waals surface area contributed by atoms with Gasteiger partial charge < -0.3 is 9.84 Å². The van der Waals surface area contributed by atoms with Gasteiger partial charge in [0.05, 0.1) is 12.0 Å². The second kappa shape index (κ2) is 6.01. The third-order valence-electron chi connectivity index (χ3n) is 4.53. The van der Waals surface area contributed by atoms with Crippen molar-refractivity contribution in [2.45, 2.75) is 58.2 Å². The molecule has 2 aliphatic rings. The standard InChI is InChI=1S/C17H24O3/c1-4-5-6-8-17(3,19)9-7-13-12(2)10-15-14(13)11-16(18)20-15/h7,9,12-15,19H,6,8,10-11H2,1-3H3/b9-7+/t12-,13+,14-,15+,17?/m1/s1. The van der Waals surface area contributed by atoms with E-state index in [2.05, 4.69) is 24.8 Å². The zero-order chi connectivity index (χ0) is 14.8. The van der Waals surface area contributed by atoms with Crippen molar-refractivity contribution in [1.82, 2.24) is 0 Å². The number of rotatable bonds is 4. The fourth-order valence-corrected chi connectivity index (χ4v) is 3.36. The number of carbonyl (C=O) groups excluding carboxylic acids is 1. The van der Waals surface area contributed by atoms with Gasteiger partial charge in [-0.25, -0.2) is 0 Å². The summed E-state index contributed by atoms with van der Waals surface area (Å²) in [6, 6.07) is 0. The molecule has 1 saturated heterocycles. The van der Waals surface area contributed by atoms with Crippen molar-refractivity contribution < 1.29 is 14.6 Å². The van der Waals surface area contributed by atoms with E-state index in [1.807, 2.05) is 19.9 Å². The van der Waals surface area contributed by atoms with Crippen molar-refractivity contribution >= 4 is 5.97 Å². The van der Waals surface area contributed by atoms with Crippen molar-refractivity contribution in [1.29, 1.82) is 0 Å². The summed E-state index contributed by atoms with van der Waals surface area (Å²) in [5, 5.41) is 10.3. The summed E-state index contributed by atoms with van der Waals surface area (Å²) < 4.78 is 5.34. The lowest BCUT2D eigenvalue weighted by molar-refractivity contribution is -0.141. The summed E-state index contributed by atoms with van der Waals surface area (Å²) in [7, 11) is 0. The molecule has 0 spiro atoms. The molecule has 1 aliphatic carbocycles. The molecule has 5 atom stereocenters. The quantitative estimate of drug-likeness (QED) is 0.488. The van der Waals surface area contributed by atoms with Crippen molar-refractivity contribution in [2.24, 2.45) is 17.8 Å². The smallest absolute Gasteiger partial charge is 0.306 e. The van der Waals surface area contributed by atoms with Gasteiger partial charge in [0.1, 0.15) is 6.10 Å². The minimum atomic E-state index is -0.828. The first kappa shape index (κ1) is 15.1. The maximum atomic E-state index is 11.4. The Kier molecular flexibility index (Phi) is 4.55. The Labute approximate surface area is 121 Å². The lowest BCUT2D eigenvalue weighted by Crippen LogP contribution is -2.22. The predicted octanol–water partition coefficient (Wildman–Crippen LogP) is 2.68. The SMILES string of the molecule is CC#CCCC(C)(O)/C=C/[C@@H]1[C@H]2CC(=O)O[C@H]2C[C@H]1C. The van der Waals surface area contributed by atoms with E-state index in [0.717, 1.165) is 6.42 Å². The van der Waals surface area contributed by atoms with Crippen LogP contribution in [-0.4, -0.2) is 22.8 Å². The van der Waals surface area contributed by atoms with Crippen molar-refractivity contribution in [3.05, 3.63) is 12.2 Å². The van der Waals surface area contributed by atoms with E-state index >= 15 is 0 Å². The molecule has 1 N–H and O–H groups in total. The largest absolute Gasteiger partial charge is 0.462 e. The molecular formula is C17H24O3. The molecule has 0 amide bonds. The number of ether oxygens (including phenoxy) is 1. The maximum absolute atomic E-state index is 11.4. The molecule has 3 nitrogen and oxygen atoms in total. The topological polar surface area (TPSA) is 46.5 Å². The highest BCUT2D eigenvalue weighted by molar-refractivity contribution is 5.72. The zero-order valence-electron chi connectivity index (χ0n) is 12.6. The molecule has 1 heterocycles. The van der Waals surface area contributed by atoms with Gasteiger partial charge in [0, 0.05) is 12.3 Å². The molecule has 0 aromatic rings. The van der Waals surface area contributed by atoms with Crippen LogP contribution in [0.5, 0.6) is 0 Å². The Balaban J connectivity index is 1.98. The minimum absolute atomic E-state index is 0.0738. The number of esters is 1. The van der Waals surface area contributed by atoms with Crippen molar-refractivity contribution in [3.8, 4) is 11.8 Å². The molecule has 1 unspecified atom stereocenters. The average Bonchev–Trinajstić information content (AvgIpc) is 2.82. The highest BCUT2D eigenvalue weighted by Crippen LogP contribution is 2.45. The molecule has 3 heteroatoms. The van der Waals surface area contributed by atoms with Gasteiger partial charge in [-0.2, -0.15) is 0 Å². The number of carbonyl (C=O) groups is 1. The molecule has 1 aliphatic heterocycles. The highest BCUT2D eigenvalue weighted by Gasteiger charge is 2.47. The van der Waals surface area contributed by atoms with Crippen molar-refractivity contribution in [2.75, 3.05) is 0 Å². The second-order valence-electron chi connectivity index (χ2n) is 6.33. The maximum Gasteiger partial charge on any atom is 0.306 e. The van der Waals surface area contributed by atoms with E-state index in [4.69, 9.17) is 4.74 Å². The molecule has 0 bridgehead atoms. The highest BCUT2D eigenvalue weighted by atomic mass is 16.6. The van der Waals surface area contributed by atoms with Gasteiger partial charge in [0.15, 0.2) is 0 Å². The Hall–Kier alpha value is -1.27.